The fourth-order valence-electron chi connectivity index (χ4n) is 2.09. The number of benzene rings is 1. The molecule has 0 heterocycles. The van der Waals surface area contributed by atoms with Gasteiger partial charge in [-0.05, 0) is 43.5 Å². The Hall–Kier alpha value is -0.730. The summed E-state index contributed by atoms with van der Waals surface area (Å²) >= 11 is 6.11. The molecule has 0 fully saturated rings. The summed E-state index contributed by atoms with van der Waals surface area (Å²) in [6.07, 6.45) is 2.20. The van der Waals surface area contributed by atoms with Gasteiger partial charge in [-0.15, -0.1) is 0 Å². The van der Waals surface area contributed by atoms with E-state index < -0.39 is 0 Å². The third-order valence-electron chi connectivity index (χ3n) is 2.92. The number of ether oxygens (including phenoxy) is 1. The lowest BCUT2D eigenvalue weighted by Gasteiger charge is -2.23. The predicted molar refractivity (Wildman–Crippen MR) is 78.5 cm³/mol. The molecule has 1 aromatic carbocycles. The van der Waals surface area contributed by atoms with Crippen LogP contribution in [0.2, 0.25) is 5.02 Å². The van der Waals surface area contributed by atoms with Crippen LogP contribution < -0.4 is 10.1 Å². The van der Waals surface area contributed by atoms with Crippen LogP contribution in [0, 0.1) is 5.92 Å². The number of hydrogen-bond acceptors (Lipinski definition) is 2. The molecule has 0 aliphatic heterocycles. The van der Waals surface area contributed by atoms with Gasteiger partial charge < -0.3 is 10.1 Å². The van der Waals surface area contributed by atoms with E-state index in [1.54, 1.807) is 7.11 Å². The second-order valence-electron chi connectivity index (χ2n) is 5.02. The summed E-state index contributed by atoms with van der Waals surface area (Å²) in [5.41, 5.74) is 1.16. The average Bonchev–Trinajstić information content (AvgIpc) is 2.34. The van der Waals surface area contributed by atoms with Crippen LogP contribution in [0.15, 0.2) is 18.2 Å². The van der Waals surface area contributed by atoms with Gasteiger partial charge in [0.2, 0.25) is 0 Å². The van der Waals surface area contributed by atoms with Crippen molar-refractivity contribution >= 4 is 11.6 Å². The quantitative estimate of drug-likeness (QED) is 0.790. The highest BCUT2D eigenvalue weighted by Gasteiger charge is 2.17. The van der Waals surface area contributed by atoms with Crippen molar-refractivity contribution in [3.63, 3.8) is 0 Å². The van der Waals surface area contributed by atoms with Crippen molar-refractivity contribution in [2.24, 2.45) is 5.92 Å². The molecular formula is C15H24ClNO. The molecule has 0 aromatic heterocycles. The van der Waals surface area contributed by atoms with E-state index in [0.717, 1.165) is 35.7 Å². The summed E-state index contributed by atoms with van der Waals surface area (Å²) in [6, 6.07) is 6.13. The van der Waals surface area contributed by atoms with E-state index in [0.29, 0.717) is 12.0 Å². The smallest absolute Gasteiger partial charge is 0.123 e. The molecule has 0 radical (unpaired) electrons. The van der Waals surface area contributed by atoms with Crippen molar-refractivity contribution < 1.29 is 4.74 Å². The molecule has 0 amide bonds. The Morgan fingerprint density at radius 2 is 2.06 bits per heavy atom. The zero-order valence-electron chi connectivity index (χ0n) is 11.8. The molecule has 1 rings (SSSR count). The van der Waals surface area contributed by atoms with Gasteiger partial charge in [0.15, 0.2) is 0 Å². The van der Waals surface area contributed by atoms with Crippen molar-refractivity contribution in [2.45, 2.75) is 39.7 Å². The highest BCUT2D eigenvalue weighted by Crippen LogP contribution is 2.31. The summed E-state index contributed by atoms with van der Waals surface area (Å²) in [7, 11) is 1.71. The number of rotatable bonds is 7. The molecule has 1 N–H and O–H groups in total. The minimum Gasteiger partial charge on any atom is -0.496 e. The Kier molecular flexibility index (Phi) is 6.51. The van der Waals surface area contributed by atoms with Crippen molar-refractivity contribution in [1.29, 1.82) is 0 Å². The first-order valence-electron chi connectivity index (χ1n) is 6.65. The van der Waals surface area contributed by atoms with Crippen LogP contribution in [0.25, 0.3) is 0 Å². The van der Waals surface area contributed by atoms with Gasteiger partial charge in [0.05, 0.1) is 7.11 Å². The first-order chi connectivity index (χ1) is 8.58. The van der Waals surface area contributed by atoms with Gasteiger partial charge in [-0.2, -0.15) is 0 Å². The SMILES string of the molecule is CCCNC(CC(C)C)c1cc(Cl)ccc1OC. The van der Waals surface area contributed by atoms with Gasteiger partial charge in [0.1, 0.15) is 5.75 Å². The Morgan fingerprint density at radius 3 is 2.61 bits per heavy atom. The standard InChI is InChI=1S/C15H24ClNO/c1-5-8-17-14(9-11(2)3)13-10-12(16)6-7-15(13)18-4/h6-7,10-11,14,17H,5,8-9H2,1-4H3. The molecule has 0 saturated heterocycles. The molecule has 1 aromatic rings. The van der Waals surface area contributed by atoms with Crippen LogP contribution in [0.1, 0.15) is 45.2 Å². The van der Waals surface area contributed by atoms with Gasteiger partial charge in [0.25, 0.3) is 0 Å². The molecule has 0 spiro atoms. The first kappa shape index (κ1) is 15.3. The maximum atomic E-state index is 6.11. The van der Waals surface area contributed by atoms with Gasteiger partial charge >= 0.3 is 0 Å². The van der Waals surface area contributed by atoms with E-state index in [-0.39, 0.29) is 0 Å². The number of nitrogens with one attached hydrogen (secondary N) is 1. The van der Waals surface area contributed by atoms with Crippen LogP contribution in [0.5, 0.6) is 5.75 Å². The van der Waals surface area contributed by atoms with Crippen LogP contribution in [-0.2, 0) is 0 Å². The Labute approximate surface area is 116 Å². The highest BCUT2D eigenvalue weighted by atomic mass is 35.5. The van der Waals surface area contributed by atoms with Crippen molar-refractivity contribution in [3.8, 4) is 5.75 Å². The highest BCUT2D eigenvalue weighted by molar-refractivity contribution is 6.30. The van der Waals surface area contributed by atoms with E-state index in [2.05, 4.69) is 26.1 Å². The molecule has 1 unspecified atom stereocenters. The molecule has 2 nitrogen and oxygen atoms in total. The normalized spacial score (nSPS) is 12.8. The third kappa shape index (κ3) is 4.51. The summed E-state index contributed by atoms with van der Waals surface area (Å²) in [4.78, 5) is 0. The average molecular weight is 270 g/mol. The molecule has 1 atom stereocenters. The van der Waals surface area contributed by atoms with Gasteiger partial charge in [-0.25, -0.2) is 0 Å². The molecule has 0 aliphatic rings. The summed E-state index contributed by atoms with van der Waals surface area (Å²) in [6.45, 7) is 7.65. The number of halogens is 1. The number of methoxy groups -OCH3 is 1. The van der Waals surface area contributed by atoms with Crippen LogP contribution >= 0.6 is 11.6 Å². The van der Waals surface area contributed by atoms with Crippen LogP contribution in [0.3, 0.4) is 0 Å². The van der Waals surface area contributed by atoms with Crippen LogP contribution in [-0.4, -0.2) is 13.7 Å². The minimum absolute atomic E-state index is 0.304. The molecule has 102 valence electrons. The molecular weight excluding hydrogens is 246 g/mol. The zero-order chi connectivity index (χ0) is 13.5. The topological polar surface area (TPSA) is 21.3 Å². The second kappa shape index (κ2) is 7.65. The lowest BCUT2D eigenvalue weighted by atomic mass is 9.96. The van der Waals surface area contributed by atoms with E-state index in [4.69, 9.17) is 16.3 Å². The first-order valence-corrected chi connectivity index (χ1v) is 7.03. The van der Waals surface area contributed by atoms with E-state index >= 15 is 0 Å². The monoisotopic (exact) mass is 269 g/mol. The predicted octanol–water partition coefficient (Wildman–Crippen LogP) is 4.44. The van der Waals surface area contributed by atoms with Crippen molar-refractivity contribution in [2.75, 3.05) is 13.7 Å². The van der Waals surface area contributed by atoms with Crippen LogP contribution in [0.4, 0.5) is 0 Å². The lowest BCUT2D eigenvalue weighted by Crippen LogP contribution is -2.24. The van der Waals surface area contributed by atoms with Gasteiger partial charge in [0, 0.05) is 16.6 Å². The summed E-state index contributed by atoms with van der Waals surface area (Å²) in [5.74, 6) is 1.54. The molecule has 18 heavy (non-hydrogen) atoms. The lowest BCUT2D eigenvalue weighted by molar-refractivity contribution is 0.381. The van der Waals surface area contributed by atoms with Gasteiger partial charge in [-0.1, -0.05) is 32.4 Å². The van der Waals surface area contributed by atoms with E-state index in [1.165, 1.54) is 0 Å². The second-order valence-corrected chi connectivity index (χ2v) is 5.46. The minimum atomic E-state index is 0.304. The Balaban J connectivity index is 2.98. The van der Waals surface area contributed by atoms with Crippen molar-refractivity contribution in [3.05, 3.63) is 28.8 Å². The maximum Gasteiger partial charge on any atom is 0.123 e. The molecule has 3 heteroatoms. The zero-order valence-corrected chi connectivity index (χ0v) is 12.6. The molecule has 0 aliphatic carbocycles. The van der Waals surface area contributed by atoms with E-state index in [9.17, 15) is 0 Å². The van der Waals surface area contributed by atoms with E-state index in [1.807, 2.05) is 18.2 Å². The Morgan fingerprint density at radius 1 is 1.33 bits per heavy atom. The van der Waals surface area contributed by atoms with Gasteiger partial charge in [-0.3, -0.25) is 0 Å². The fraction of sp³-hybridized carbons (Fsp3) is 0.600. The van der Waals surface area contributed by atoms with Crippen molar-refractivity contribution in [1.82, 2.24) is 5.32 Å². The number of hydrogen-bond donors (Lipinski definition) is 1. The maximum absolute atomic E-state index is 6.11. The molecule has 0 bridgehead atoms. The summed E-state index contributed by atoms with van der Waals surface area (Å²) < 4.78 is 5.44. The summed E-state index contributed by atoms with van der Waals surface area (Å²) in [5, 5.41) is 4.34. The third-order valence-corrected chi connectivity index (χ3v) is 3.15. The Bertz CT molecular complexity index is 366. The fourth-order valence-corrected chi connectivity index (χ4v) is 2.27. The largest absolute Gasteiger partial charge is 0.496 e. The molecule has 0 saturated carbocycles.